The summed E-state index contributed by atoms with van der Waals surface area (Å²) in [6.45, 7) is 8.68. The van der Waals surface area contributed by atoms with Crippen molar-refractivity contribution in [1.29, 1.82) is 0 Å². The molecular formula is C12H21NO2S. The van der Waals surface area contributed by atoms with Gasteiger partial charge in [0.25, 0.3) is 0 Å². The van der Waals surface area contributed by atoms with Crippen LogP contribution in [-0.4, -0.2) is 36.7 Å². The van der Waals surface area contributed by atoms with Crippen molar-refractivity contribution in [2.75, 3.05) is 25.2 Å². The highest BCUT2D eigenvalue weighted by Gasteiger charge is 2.46. The zero-order valence-corrected chi connectivity index (χ0v) is 11.2. The molecule has 0 aromatic rings. The molecule has 1 N–H and O–H groups in total. The van der Waals surface area contributed by atoms with Crippen molar-refractivity contribution in [3.05, 3.63) is 12.7 Å². The van der Waals surface area contributed by atoms with Crippen LogP contribution in [0, 0.1) is 5.41 Å². The molecule has 0 amide bonds. The molecule has 1 saturated heterocycles. The van der Waals surface area contributed by atoms with E-state index in [9.17, 15) is 4.79 Å². The quantitative estimate of drug-likeness (QED) is 0.604. The average Bonchev–Trinajstić information content (AvgIpc) is 2.24. The highest BCUT2D eigenvalue weighted by Crippen LogP contribution is 2.39. The SMILES string of the molecule is C=CCNC1(C(=O)OC)CSCC(C)(C)C1. The van der Waals surface area contributed by atoms with Crippen LogP contribution < -0.4 is 5.32 Å². The minimum Gasteiger partial charge on any atom is -0.468 e. The minimum absolute atomic E-state index is 0.158. The molecule has 3 nitrogen and oxygen atoms in total. The first-order valence-corrected chi connectivity index (χ1v) is 6.63. The fourth-order valence-electron chi connectivity index (χ4n) is 2.20. The zero-order valence-electron chi connectivity index (χ0n) is 10.3. The summed E-state index contributed by atoms with van der Waals surface area (Å²) >= 11 is 1.81. The van der Waals surface area contributed by atoms with E-state index in [1.165, 1.54) is 7.11 Å². The van der Waals surface area contributed by atoms with Gasteiger partial charge in [-0.3, -0.25) is 10.1 Å². The van der Waals surface area contributed by atoms with Gasteiger partial charge in [0.2, 0.25) is 0 Å². The highest BCUT2D eigenvalue weighted by atomic mass is 32.2. The van der Waals surface area contributed by atoms with Crippen LogP contribution in [0.1, 0.15) is 20.3 Å². The van der Waals surface area contributed by atoms with E-state index in [1.807, 2.05) is 0 Å². The Kier molecular flexibility index (Phi) is 4.44. The van der Waals surface area contributed by atoms with E-state index < -0.39 is 5.54 Å². The fraction of sp³-hybridized carbons (Fsp3) is 0.750. The van der Waals surface area contributed by atoms with Crippen LogP contribution in [0.25, 0.3) is 0 Å². The molecule has 4 heteroatoms. The highest BCUT2D eigenvalue weighted by molar-refractivity contribution is 7.99. The number of ether oxygens (including phenoxy) is 1. The van der Waals surface area contributed by atoms with Gasteiger partial charge in [0.05, 0.1) is 7.11 Å². The Labute approximate surface area is 102 Å². The topological polar surface area (TPSA) is 38.3 Å². The van der Waals surface area contributed by atoms with Crippen LogP contribution in [0.4, 0.5) is 0 Å². The number of esters is 1. The van der Waals surface area contributed by atoms with Crippen molar-refractivity contribution in [3.8, 4) is 0 Å². The summed E-state index contributed by atoms with van der Waals surface area (Å²) in [5, 5.41) is 3.28. The molecule has 1 heterocycles. The van der Waals surface area contributed by atoms with Crippen LogP contribution in [-0.2, 0) is 9.53 Å². The predicted octanol–water partition coefficient (Wildman–Crippen LogP) is 1.84. The molecule has 0 aliphatic carbocycles. The second kappa shape index (κ2) is 5.23. The molecule has 0 aromatic heterocycles. The summed E-state index contributed by atoms with van der Waals surface area (Å²) in [5.74, 6) is 1.70. The second-order valence-electron chi connectivity index (χ2n) is 5.08. The first kappa shape index (κ1) is 13.6. The Balaban J connectivity index is 2.85. The molecule has 1 atom stereocenters. The smallest absolute Gasteiger partial charge is 0.326 e. The Hall–Kier alpha value is -0.480. The van der Waals surface area contributed by atoms with Gasteiger partial charge in [-0.05, 0) is 17.6 Å². The monoisotopic (exact) mass is 243 g/mol. The predicted molar refractivity (Wildman–Crippen MR) is 68.7 cm³/mol. The van der Waals surface area contributed by atoms with Crippen molar-refractivity contribution in [2.45, 2.75) is 25.8 Å². The maximum atomic E-state index is 12.0. The number of hydrogen-bond acceptors (Lipinski definition) is 4. The molecular weight excluding hydrogens is 222 g/mol. The summed E-state index contributed by atoms with van der Waals surface area (Å²) in [6.07, 6.45) is 2.59. The number of thioether (sulfide) groups is 1. The summed E-state index contributed by atoms with van der Waals surface area (Å²) in [7, 11) is 1.45. The van der Waals surface area contributed by atoms with Crippen LogP contribution in [0.2, 0.25) is 0 Å². The van der Waals surface area contributed by atoms with Crippen molar-refractivity contribution >= 4 is 17.7 Å². The molecule has 1 unspecified atom stereocenters. The van der Waals surface area contributed by atoms with Gasteiger partial charge in [0, 0.05) is 12.3 Å². The molecule has 16 heavy (non-hydrogen) atoms. The van der Waals surface area contributed by atoms with Crippen molar-refractivity contribution < 1.29 is 9.53 Å². The number of carbonyl (C=O) groups is 1. The van der Waals surface area contributed by atoms with Crippen LogP contribution >= 0.6 is 11.8 Å². The lowest BCUT2D eigenvalue weighted by Gasteiger charge is -2.42. The van der Waals surface area contributed by atoms with Crippen molar-refractivity contribution in [2.24, 2.45) is 5.41 Å². The van der Waals surface area contributed by atoms with Gasteiger partial charge >= 0.3 is 5.97 Å². The standard InChI is InChI=1S/C12H21NO2S/c1-5-6-13-12(10(14)15-4)7-11(2,3)8-16-9-12/h5,13H,1,6-9H2,2-4H3. The van der Waals surface area contributed by atoms with Gasteiger partial charge in [0.1, 0.15) is 5.54 Å². The molecule has 92 valence electrons. The third-order valence-electron chi connectivity index (χ3n) is 2.78. The molecule has 1 fully saturated rings. The van der Waals surface area contributed by atoms with Crippen molar-refractivity contribution in [3.63, 3.8) is 0 Å². The third-order valence-corrected chi connectivity index (χ3v) is 4.47. The second-order valence-corrected chi connectivity index (χ2v) is 6.06. The first-order chi connectivity index (χ1) is 7.46. The average molecular weight is 243 g/mol. The van der Waals surface area contributed by atoms with Gasteiger partial charge in [-0.2, -0.15) is 11.8 Å². The number of rotatable bonds is 4. The molecule has 1 rings (SSSR count). The van der Waals surface area contributed by atoms with E-state index in [1.54, 1.807) is 17.8 Å². The number of nitrogens with one attached hydrogen (secondary N) is 1. The summed E-state index contributed by atoms with van der Waals surface area (Å²) < 4.78 is 4.93. The van der Waals surface area contributed by atoms with E-state index in [0.717, 1.165) is 17.9 Å². The normalized spacial score (nSPS) is 28.4. The lowest BCUT2D eigenvalue weighted by molar-refractivity contribution is -0.149. The Morgan fingerprint density at radius 2 is 2.25 bits per heavy atom. The molecule has 0 spiro atoms. The first-order valence-electron chi connectivity index (χ1n) is 5.48. The number of hydrogen-bond donors (Lipinski definition) is 1. The number of methoxy groups -OCH3 is 1. The maximum Gasteiger partial charge on any atom is 0.326 e. The Bertz CT molecular complexity index is 278. The summed E-state index contributed by atoms with van der Waals surface area (Å²) in [5.41, 5.74) is -0.388. The van der Waals surface area contributed by atoms with Gasteiger partial charge < -0.3 is 4.74 Å². The lowest BCUT2D eigenvalue weighted by Crippen LogP contribution is -2.59. The van der Waals surface area contributed by atoms with E-state index >= 15 is 0 Å². The zero-order chi connectivity index (χ0) is 12.2. The van der Waals surface area contributed by atoms with Crippen LogP contribution in [0.3, 0.4) is 0 Å². The Morgan fingerprint density at radius 1 is 1.56 bits per heavy atom. The number of carbonyl (C=O) groups excluding carboxylic acids is 1. The van der Waals surface area contributed by atoms with Crippen molar-refractivity contribution in [1.82, 2.24) is 5.32 Å². The fourth-order valence-corrected chi connectivity index (χ4v) is 3.63. The van der Waals surface area contributed by atoms with Crippen LogP contribution in [0.15, 0.2) is 12.7 Å². The van der Waals surface area contributed by atoms with E-state index in [-0.39, 0.29) is 11.4 Å². The molecule has 0 radical (unpaired) electrons. The minimum atomic E-state index is -0.546. The molecule has 0 saturated carbocycles. The van der Waals surface area contributed by atoms with E-state index in [4.69, 9.17) is 4.74 Å². The van der Waals surface area contributed by atoms with Gasteiger partial charge in [-0.25, -0.2) is 0 Å². The summed E-state index contributed by atoms with van der Waals surface area (Å²) in [6, 6.07) is 0. The summed E-state index contributed by atoms with van der Waals surface area (Å²) in [4.78, 5) is 12.0. The maximum absolute atomic E-state index is 12.0. The van der Waals surface area contributed by atoms with Gasteiger partial charge in [0.15, 0.2) is 0 Å². The molecule has 0 bridgehead atoms. The molecule has 1 aliphatic rings. The van der Waals surface area contributed by atoms with Gasteiger partial charge in [-0.1, -0.05) is 19.9 Å². The van der Waals surface area contributed by atoms with E-state index in [2.05, 4.69) is 25.7 Å². The largest absolute Gasteiger partial charge is 0.468 e. The van der Waals surface area contributed by atoms with E-state index in [0.29, 0.717) is 6.54 Å². The van der Waals surface area contributed by atoms with Crippen LogP contribution in [0.5, 0.6) is 0 Å². The molecule has 1 aliphatic heterocycles. The lowest BCUT2D eigenvalue weighted by atomic mass is 9.79. The third kappa shape index (κ3) is 3.01. The Morgan fingerprint density at radius 3 is 2.75 bits per heavy atom. The molecule has 0 aromatic carbocycles. The van der Waals surface area contributed by atoms with Gasteiger partial charge in [-0.15, -0.1) is 6.58 Å².